The summed E-state index contributed by atoms with van der Waals surface area (Å²) in [5, 5.41) is 14.6. The van der Waals surface area contributed by atoms with Crippen LogP contribution < -0.4 is 10.9 Å². The van der Waals surface area contributed by atoms with Gasteiger partial charge in [-0.1, -0.05) is 10.3 Å². The topological polar surface area (TPSA) is 129 Å². The van der Waals surface area contributed by atoms with Crippen LogP contribution in [0.1, 0.15) is 24.4 Å². The lowest BCUT2D eigenvalue weighted by atomic mass is 10.1. The third-order valence-electron chi connectivity index (χ3n) is 4.23. The van der Waals surface area contributed by atoms with Gasteiger partial charge in [-0.05, 0) is 32.9 Å². The maximum absolute atomic E-state index is 12.7. The summed E-state index contributed by atoms with van der Waals surface area (Å²) in [5.74, 6) is 1.13. The van der Waals surface area contributed by atoms with E-state index in [-0.39, 0.29) is 5.82 Å². The number of furan rings is 1. The molecule has 4 aromatic rings. The number of carbonyl (C=O) groups is 1. The molecule has 10 nitrogen and oxygen atoms in total. The van der Waals surface area contributed by atoms with Crippen molar-refractivity contribution in [3.05, 3.63) is 58.4 Å². The minimum Gasteiger partial charge on any atom is -0.463 e. The smallest absolute Gasteiger partial charge is 0.268 e. The van der Waals surface area contributed by atoms with Gasteiger partial charge >= 0.3 is 0 Å². The Balaban J connectivity index is 1.75. The second kappa shape index (κ2) is 7.23. The molecule has 0 saturated carbocycles. The molecule has 4 rings (SSSR count). The van der Waals surface area contributed by atoms with Gasteiger partial charge < -0.3 is 18.8 Å². The quantitative estimate of drug-likeness (QED) is 0.546. The molecule has 10 heteroatoms. The van der Waals surface area contributed by atoms with E-state index in [9.17, 15) is 9.59 Å². The molecule has 0 unspecified atom stereocenters. The fraction of sp³-hybridized carbons (Fsp3) is 0.211. The van der Waals surface area contributed by atoms with Crippen LogP contribution in [0.5, 0.6) is 0 Å². The molecule has 1 amide bonds. The zero-order valence-corrected chi connectivity index (χ0v) is 15.9. The van der Waals surface area contributed by atoms with Gasteiger partial charge in [0.15, 0.2) is 17.3 Å². The Labute approximate surface area is 164 Å². The van der Waals surface area contributed by atoms with Gasteiger partial charge in [0.1, 0.15) is 17.5 Å². The Morgan fingerprint density at radius 3 is 2.59 bits per heavy atom. The zero-order chi connectivity index (χ0) is 20.5. The maximum atomic E-state index is 12.7. The highest BCUT2D eigenvalue weighted by Crippen LogP contribution is 2.30. The normalized spacial score (nSPS) is 12.1. The molecule has 0 aliphatic carbocycles. The number of aryl methyl sites for hydroxylation is 2. The summed E-state index contributed by atoms with van der Waals surface area (Å²) in [5.41, 5.74) is 0.942. The zero-order valence-electron chi connectivity index (χ0n) is 15.9. The molecular formula is C19H17N5O5. The molecule has 0 aliphatic heterocycles. The van der Waals surface area contributed by atoms with Crippen LogP contribution in [-0.4, -0.2) is 26.0 Å². The van der Waals surface area contributed by atoms with E-state index >= 15 is 0 Å². The van der Waals surface area contributed by atoms with Gasteiger partial charge in [-0.25, -0.2) is 4.68 Å². The molecular weight excluding hydrogens is 378 g/mol. The molecule has 0 fully saturated rings. The van der Waals surface area contributed by atoms with Crippen molar-refractivity contribution in [1.82, 2.24) is 20.1 Å². The Bertz CT molecular complexity index is 1220. The number of rotatable bonds is 5. The number of hydrogen-bond donors (Lipinski definition) is 1. The Morgan fingerprint density at radius 1 is 1.14 bits per heavy atom. The molecule has 0 bridgehead atoms. The van der Waals surface area contributed by atoms with Crippen LogP contribution in [-0.2, 0) is 4.79 Å². The predicted octanol–water partition coefficient (Wildman–Crippen LogP) is 2.96. The monoisotopic (exact) mass is 395 g/mol. The third kappa shape index (κ3) is 3.59. The first-order chi connectivity index (χ1) is 13.9. The summed E-state index contributed by atoms with van der Waals surface area (Å²) >= 11 is 0. The van der Waals surface area contributed by atoms with Gasteiger partial charge in [0.25, 0.3) is 5.56 Å². The van der Waals surface area contributed by atoms with Crippen molar-refractivity contribution in [1.29, 1.82) is 0 Å². The lowest BCUT2D eigenvalue weighted by Crippen LogP contribution is -2.33. The van der Waals surface area contributed by atoms with Crippen LogP contribution in [0.2, 0.25) is 0 Å². The first-order valence-electron chi connectivity index (χ1n) is 8.78. The molecule has 148 valence electrons. The second-order valence-corrected chi connectivity index (χ2v) is 6.49. The van der Waals surface area contributed by atoms with Gasteiger partial charge in [0, 0.05) is 18.2 Å². The first kappa shape index (κ1) is 18.4. The van der Waals surface area contributed by atoms with E-state index < -0.39 is 17.5 Å². The van der Waals surface area contributed by atoms with Crippen LogP contribution in [0.3, 0.4) is 0 Å². The largest absolute Gasteiger partial charge is 0.463 e. The van der Waals surface area contributed by atoms with Gasteiger partial charge in [0.05, 0.1) is 17.5 Å². The van der Waals surface area contributed by atoms with E-state index in [4.69, 9.17) is 13.5 Å². The minimum absolute atomic E-state index is 0.257. The Kier molecular flexibility index (Phi) is 4.59. The standard InChI is InChI=1S/C19H17N5O5/c1-10-7-15(29-22-10)13-9-17(25)24(21-18(13)14-5-4-6-27-14)12(3)19(26)20-16-8-11(2)28-23-16/h4-9,12H,1-3H3,(H,20,23,26)/t12-/m1/s1. The Morgan fingerprint density at radius 2 is 1.97 bits per heavy atom. The van der Waals surface area contributed by atoms with Gasteiger partial charge in [-0.3, -0.25) is 9.59 Å². The number of carbonyl (C=O) groups excluding carboxylic acids is 1. The number of nitrogens with one attached hydrogen (secondary N) is 1. The second-order valence-electron chi connectivity index (χ2n) is 6.49. The van der Waals surface area contributed by atoms with Crippen molar-refractivity contribution in [2.75, 3.05) is 5.32 Å². The lowest BCUT2D eigenvalue weighted by Gasteiger charge is -2.15. The van der Waals surface area contributed by atoms with Gasteiger partial charge in [0.2, 0.25) is 5.91 Å². The Hall–Kier alpha value is -3.95. The van der Waals surface area contributed by atoms with Crippen LogP contribution in [0.4, 0.5) is 5.82 Å². The van der Waals surface area contributed by atoms with E-state index in [2.05, 4.69) is 20.7 Å². The number of nitrogens with zero attached hydrogens (tertiary/aromatic N) is 4. The van der Waals surface area contributed by atoms with Gasteiger partial charge in [-0.2, -0.15) is 5.10 Å². The van der Waals surface area contributed by atoms with Crippen LogP contribution >= 0.6 is 0 Å². The van der Waals surface area contributed by atoms with Crippen molar-refractivity contribution in [2.24, 2.45) is 0 Å². The molecule has 1 atom stereocenters. The molecule has 4 heterocycles. The average Bonchev–Trinajstić information content (AvgIpc) is 3.44. The fourth-order valence-corrected chi connectivity index (χ4v) is 2.79. The molecule has 1 N–H and O–H groups in total. The van der Waals surface area contributed by atoms with E-state index in [1.54, 1.807) is 45.0 Å². The summed E-state index contributed by atoms with van der Waals surface area (Å²) < 4.78 is 16.8. The van der Waals surface area contributed by atoms with E-state index in [0.717, 1.165) is 4.68 Å². The molecule has 0 radical (unpaired) electrons. The molecule has 0 aromatic carbocycles. The minimum atomic E-state index is -0.918. The summed E-state index contributed by atoms with van der Waals surface area (Å²) in [6, 6.07) is 7.09. The highest BCUT2D eigenvalue weighted by Gasteiger charge is 2.23. The number of hydrogen-bond acceptors (Lipinski definition) is 8. The van der Waals surface area contributed by atoms with Crippen molar-refractivity contribution in [2.45, 2.75) is 26.8 Å². The summed E-state index contributed by atoms with van der Waals surface area (Å²) in [7, 11) is 0. The number of anilines is 1. The number of aromatic nitrogens is 4. The van der Waals surface area contributed by atoms with Crippen LogP contribution in [0, 0.1) is 13.8 Å². The SMILES string of the molecule is Cc1cc(-c2cc(=O)n([C@H](C)C(=O)Nc3cc(C)on3)nc2-c2ccco2)on1. The predicted molar refractivity (Wildman–Crippen MR) is 101 cm³/mol. The van der Waals surface area contributed by atoms with Gasteiger partial charge in [-0.15, -0.1) is 0 Å². The van der Waals surface area contributed by atoms with E-state index in [1.807, 2.05) is 0 Å². The number of amides is 1. The molecule has 29 heavy (non-hydrogen) atoms. The highest BCUT2D eigenvalue weighted by atomic mass is 16.5. The average molecular weight is 395 g/mol. The summed E-state index contributed by atoms with van der Waals surface area (Å²) in [6.07, 6.45) is 1.49. The summed E-state index contributed by atoms with van der Waals surface area (Å²) in [6.45, 7) is 5.03. The molecule has 0 saturated heterocycles. The van der Waals surface area contributed by atoms with Crippen molar-refractivity contribution < 1.29 is 18.3 Å². The van der Waals surface area contributed by atoms with Crippen molar-refractivity contribution >= 4 is 11.7 Å². The van der Waals surface area contributed by atoms with Crippen LogP contribution in [0.15, 0.2) is 54.9 Å². The first-order valence-corrected chi connectivity index (χ1v) is 8.78. The summed E-state index contributed by atoms with van der Waals surface area (Å²) in [4.78, 5) is 25.3. The maximum Gasteiger partial charge on any atom is 0.268 e. The van der Waals surface area contributed by atoms with E-state index in [0.29, 0.717) is 34.2 Å². The lowest BCUT2D eigenvalue weighted by molar-refractivity contribution is -0.119. The van der Waals surface area contributed by atoms with Crippen LogP contribution in [0.25, 0.3) is 22.8 Å². The molecule has 0 spiro atoms. The molecule has 4 aromatic heterocycles. The van der Waals surface area contributed by atoms with Crippen molar-refractivity contribution in [3.63, 3.8) is 0 Å². The molecule has 0 aliphatic rings. The van der Waals surface area contributed by atoms with Crippen molar-refractivity contribution in [3.8, 4) is 22.8 Å². The fourth-order valence-electron chi connectivity index (χ4n) is 2.79. The van der Waals surface area contributed by atoms with E-state index in [1.165, 1.54) is 12.3 Å². The third-order valence-corrected chi connectivity index (χ3v) is 4.23. The highest BCUT2D eigenvalue weighted by molar-refractivity contribution is 5.92.